The first-order valence-electron chi connectivity index (χ1n) is 4.95. The van der Waals surface area contributed by atoms with Crippen molar-refractivity contribution in [3.63, 3.8) is 0 Å². The van der Waals surface area contributed by atoms with Crippen molar-refractivity contribution in [2.45, 2.75) is 19.4 Å². The maximum atomic E-state index is 10.8. The molecule has 1 atom stereocenters. The van der Waals surface area contributed by atoms with Crippen molar-refractivity contribution < 1.29 is 15.0 Å². The van der Waals surface area contributed by atoms with Crippen LogP contribution >= 0.6 is 15.9 Å². The van der Waals surface area contributed by atoms with Gasteiger partial charge in [-0.15, -0.1) is 0 Å². The Morgan fingerprint density at radius 2 is 2.19 bits per heavy atom. The standard InChI is InChI=1S/C11H14BrNO3/c1-7(14)2-3-13-10-5-8(11(15)16)4-9(12)6-10/h4-7,13-14H,2-3H2,1H3,(H,15,16). The van der Waals surface area contributed by atoms with Crippen molar-refractivity contribution in [3.8, 4) is 0 Å². The average Bonchev–Trinajstić information content (AvgIpc) is 2.16. The lowest BCUT2D eigenvalue weighted by Gasteiger charge is -2.09. The number of hydrogen-bond donors (Lipinski definition) is 3. The predicted molar refractivity (Wildman–Crippen MR) is 65.9 cm³/mol. The van der Waals surface area contributed by atoms with E-state index >= 15 is 0 Å². The Morgan fingerprint density at radius 1 is 1.50 bits per heavy atom. The Labute approximate surface area is 102 Å². The minimum absolute atomic E-state index is 0.230. The zero-order valence-electron chi connectivity index (χ0n) is 8.90. The molecule has 0 radical (unpaired) electrons. The van der Waals surface area contributed by atoms with Gasteiger partial charge >= 0.3 is 5.97 Å². The molecule has 4 nitrogen and oxygen atoms in total. The number of aliphatic hydroxyl groups is 1. The summed E-state index contributed by atoms with van der Waals surface area (Å²) in [5.74, 6) is -0.958. The maximum Gasteiger partial charge on any atom is 0.335 e. The molecular weight excluding hydrogens is 274 g/mol. The molecular formula is C11H14BrNO3. The summed E-state index contributed by atoms with van der Waals surface area (Å²) >= 11 is 3.25. The molecule has 0 fully saturated rings. The van der Waals surface area contributed by atoms with E-state index in [1.54, 1.807) is 25.1 Å². The minimum Gasteiger partial charge on any atom is -0.478 e. The Kier molecular flexibility index (Phi) is 4.76. The number of carbonyl (C=O) groups is 1. The molecule has 16 heavy (non-hydrogen) atoms. The summed E-state index contributed by atoms with van der Waals surface area (Å²) in [6, 6.07) is 4.91. The number of benzene rings is 1. The van der Waals surface area contributed by atoms with Crippen LogP contribution in [0.15, 0.2) is 22.7 Å². The van der Waals surface area contributed by atoms with Crippen LogP contribution in [0.5, 0.6) is 0 Å². The molecule has 0 amide bonds. The smallest absolute Gasteiger partial charge is 0.335 e. The van der Waals surface area contributed by atoms with Gasteiger partial charge in [0, 0.05) is 16.7 Å². The molecule has 0 saturated heterocycles. The van der Waals surface area contributed by atoms with E-state index in [-0.39, 0.29) is 11.7 Å². The van der Waals surface area contributed by atoms with Crippen molar-refractivity contribution >= 4 is 27.6 Å². The number of carboxylic acids is 1. The van der Waals surface area contributed by atoms with Crippen molar-refractivity contribution in [2.24, 2.45) is 0 Å². The molecule has 0 aliphatic carbocycles. The lowest BCUT2D eigenvalue weighted by molar-refractivity contribution is 0.0697. The molecule has 1 rings (SSSR count). The van der Waals surface area contributed by atoms with Gasteiger partial charge in [-0.2, -0.15) is 0 Å². The zero-order chi connectivity index (χ0) is 12.1. The first-order chi connectivity index (χ1) is 7.49. The van der Waals surface area contributed by atoms with Gasteiger partial charge in [-0.3, -0.25) is 0 Å². The van der Waals surface area contributed by atoms with Gasteiger partial charge in [0.25, 0.3) is 0 Å². The van der Waals surface area contributed by atoms with Crippen LogP contribution in [0, 0.1) is 0 Å². The predicted octanol–water partition coefficient (Wildman–Crippen LogP) is 2.33. The molecule has 0 heterocycles. The average molecular weight is 288 g/mol. The highest BCUT2D eigenvalue weighted by Crippen LogP contribution is 2.19. The van der Waals surface area contributed by atoms with Crippen LogP contribution in [0.2, 0.25) is 0 Å². The fourth-order valence-corrected chi connectivity index (χ4v) is 1.73. The van der Waals surface area contributed by atoms with Crippen molar-refractivity contribution in [2.75, 3.05) is 11.9 Å². The molecule has 88 valence electrons. The number of halogens is 1. The highest BCUT2D eigenvalue weighted by atomic mass is 79.9. The number of aliphatic hydroxyl groups excluding tert-OH is 1. The summed E-state index contributed by atoms with van der Waals surface area (Å²) in [5.41, 5.74) is 0.960. The third-order valence-corrected chi connectivity index (χ3v) is 2.49. The molecule has 0 spiro atoms. The monoisotopic (exact) mass is 287 g/mol. The molecule has 0 saturated carbocycles. The van der Waals surface area contributed by atoms with E-state index < -0.39 is 5.97 Å². The Hall–Kier alpha value is -1.07. The third-order valence-electron chi connectivity index (χ3n) is 2.04. The Balaban J connectivity index is 2.69. The van der Waals surface area contributed by atoms with E-state index in [0.717, 1.165) is 5.69 Å². The van der Waals surface area contributed by atoms with Crippen LogP contribution in [-0.4, -0.2) is 28.8 Å². The second-order valence-electron chi connectivity index (χ2n) is 3.60. The molecule has 5 heteroatoms. The normalized spacial score (nSPS) is 12.2. The molecule has 0 aliphatic heterocycles. The van der Waals surface area contributed by atoms with Crippen LogP contribution in [0.1, 0.15) is 23.7 Å². The molecule has 1 unspecified atom stereocenters. The molecule has 0 aliphatic rings. The van der Waals surface area contributed by atoms with E-state index in [1.807, 2.05) is 0 Å². The van der Waals surface area contributed by atoms with Gasteiger partial charge in [0.05, 0.1) is 11.7 Å². The Bertz CT molecular complexity index is 379. The quantitative estimate of drug-likeness (QED) is 0.777. The number of anilines is 1. The second kappa shape index (κ2) is 5.86. The summed E-state index contributed by atoms with van der Waals surface area (Å²) < 4.78 is 0.715. The fourth-order valence-electron chi connectivity index (χ4n) is 1.24. The Morgan fingerprint density at radius 3 is 2.75 bits per heavy atom. The summed E-state index contributed by atoms with van der Waals surface area (Å²) in [7, 11) is 0. The first-order valence-corrected chi connectivity index (χ1v) is 5.74. The van der Waals surface area contributed by atoms with Gasteiger partial charge in [0.15, 0.2) is 0 Å². The van der Waals surface area contributed by atoms with Gasteiger partial charge in [0.1, 0.15) is 0 Å². The largest absolute Gasteiger partial charge is 0.478 e. The van der Waals surface area contributed by atoms with Gasteiger partial charge in [-0.1, -0.05) is 15.9 Å². The summed E-state index contributed by atoms with van der Waals surface area (Å²) in [4.78, 5) is 10.8. The number of nitrogens with one attached hydrogen (secondary N) is 1. The van der Waals surface area contributed by atoms with E-state index in [4.69, 9.17) is 10.2 Å². The van der Waals surface area contributed by atoms with Crippen molar-refractivity contribution in [3.05, 3.63) is 28.2 Å². The molecule has 1 aromatic carbocycles. The number of aromatic carboxylic acids is 1. The van der Waals surface area contributed by atoms with Crippen molar-refractivity contribution in [1.29, 1.82) is 0 Å². The van der Waals surface area contributed by atoms with Crippen LogP contribution < -0.4 is 5.32 Å². The molecule has 1 aromatic rings. The van der Waals surface area contributed by atoms with Crippen LogP contribution in [0.3, 0.4) is 0 Å². The SMILES string of the molecule is CC(O)CCNc1cc(Br)cc(C(=O)O)c1. The third kappa shape index (κ3) is 4.20. The highest BCUT2D eigenvalue weighted by molar-refractivity contribution is 9.10. The number of carboxylic acid groups (broad SMARTS) is 1. The van der Waals surface area contributed by atoms with E-state index in [9.17, 15) is 4.79 Å². The van der Waals surface area contributed by atoms with Crippen LogP contribution in [0.25, 0.3) is 0 Å². The lowest BCUT2D eigenvalue weighted by Crippen LogP contribution is -2.10. The van der Waals surface area contributed by atoms with Gasteiger partial charge in [-0.25, -0.2) is 4.79 Å². The molecule has 3 N–H and O–H groups in total. The first kappa shape index (κ1) is 13.0. The van der Waals surface area contributed by atoms with E-state index in [0.29, 0.717) is 17.4 Å². The van der Waals surface area contributed by atoms with E-state index in [2.05, 4.69) is 21.2 Å². The zero-order valence-corrected chi connectivity index (χ0v) is 10.5. The fraction of sp³-hybridized carbons (Fsp3) is 0.364. The number of rotatable bonds is 5. The molecule has 0 aromatic heterocycles. The van der Waals surface area contributed by atoms with Gasteiger partial charge in [0.2, 0.25) is 0 Å². The highest BCUT2D eigenvalue weighted by Gasteiger charge is 2.05. The topological polar surface area (TPSA) is 69.6 Å². The molecule has 0 bridgehead atoms. The second-order valence-corrected chi connectivity index (χ2v) is 4.51. The minimum atomic E-state index is -0.958. The lowest BCUT2D eigenvalue weighted by atomic mass is 10.2. The summed E-state index contributed by atoms with van der Waals surface area (Å²) in [6.45, 7) is 2.32. The van der Waals surface area contributed by atoms with Crippen LogP contribution in [-0.2, 0) is 0 Å². The van der Waals surface area contributed by atoms with E-state index in [1.165, 1.54) is 0 Å². The maximum absolute atomic E-state index is 10.8. The summed E-state index contributed by atoms with van der Waals surface area (Å²) in [6.07, 6.45) is 0.258. The van der Waals surface area contributed by atoms with Gasteiger partial charge < -0.3 is 15.5 Å². The summed E-state index contributed by atoms with van der Waals surface area (Å²) in [5, 5.41) is 21.0. The van der Waals surface area contributed by atoms with Crippen LogP contribution in [0.4, 0.5) is 5.69 Å². The van der Waals surface area contributed by atoms with Gasteiger partial charge in [-0.05, 0) is 31.5 Å². The number of hydrogen-bond acceptors (Lipinski definition) is 3. The van der Waals surface area contributed by atoms with Crippen molar-refractivity contribution in [1.82, 2.24) is 0 Å².